The Morgan fingerprint density at radius 2 is 1.68 bits per heavy atom. The van der Waals surface area contributed by atoms with Crippen LogP contribution in [0.5, 0.6) is 0 Å². The van der Waals surface area contributed by atoms with Gasteiger partial charge in [-0.2, -0.15) is 0 Å². The van der Waals surface area contributed by atoms with Crippen LogP contribution in [0.15, 0.2) is 60.3 Å². The minimum atomic E-state index is 0.118. The molecule has 0 bridgehead atoms. The number of allylic oxidation sites excluding steroid dienone is 1. The van der Waals surface area contributed by atoms with Crippen molar-refractivity contribution in [3.05, 3.63) is 82.0 Å². The lowest BCUT2D eigenvalue weighted by atomic mass is 9.76. The van der Waals surface area contributed by atoms with Crippen molar-refractivity contribution in [2.45, 2.75) is 12.3 Å². The Morgan fingerprint density at radius 1 is 1.05 bits per heavy atom. The Morgan fingerprint density at radius 3 is 2.36 bits per heavy atom. The normalized spacial score (nSPS) is 19.1. The van der Waals surface area contributed by atoms with Crippen LogP contribution in [0.2, 0.25) is 5.02 Å². The summed E-state index contributed by atoms with van der Waals surface area (Å²) in [6.45, 7) is 0. The van der Waals surface area contributed by atoms with Gasteiger partial charge in [0.05, 0.1) is 0 Å². The lowest BCUT2D eigenvalue weighted by Gasteiger charge is -2.28. The van der Waals surface area contributed by atoms with Crippen LogP contribution in [0, 0.1) is 0 Å². The Kier molecular flexibility index (Phi) is 4.04. The smallest absolute Gasteiger partial charge is 0.190 e. The summed E-state index contributed by atoms with van der Waals surface area (Å²) in [4.78, 5) is 14.6. The molecule has 0 saturated heterocycles. The summed E-state index contributed by atoms with van der Waals surface area (Å²) in [6, 6.07) is 15.7. The van der Waals surface area contributed by atoms with Crippen LogP contribution >= 0.6 is 11.6 Å². The summed E-state index contributed by atoms with van der Waals surface area (Å²) >= 11 is 6.40. The maximum absolute atomic E-state index is 12.7. The zero-order valence-corrected chi connectivity index (χ0v) is 13.5. The van der Waals surface area contributed by atoms with Crippen LogP contribution in [0.1, 0.15) is 33.8 Å². The number of Topliss-reactive ketones (excluding diaryl/α,β-unsaturated/α-hetero) is 1. The van der Waals surface area contributed by atoms with Gasteiger partial charge in [-0.25, -0.2) is 0 Å². The molecule has 1 aliphatic carbocycles. The number of ketones is 1. The van der Waals surface area contributed by atoms with Gasteiger partial charge < -0.3 is 4.90 Å². The Hall–Kier alpha value is -2.06. The van der Waals surface area contributed by atoms with Crippen LogP contribution < -0.4 is 0 Å². The molecule has 1 atom stereocenters. The molecule has 2 nitrogen and oxygen atoms in total. The van der Waals surface area contributed by atoms with Crippen molar-refractivity contribution in [1.29, 1.82) is 0 Å². The van der Waals surface area contributed by atoms with Crippen LogP contribution in [0.25, 0.3) is 0 Å². The third-order valence-corrected chi connectivity index (χ3v) is 4.34. The summed E-state index contributed by atoms with van der Waals surface area (Å²) < 4.78 is 0. The van der Waals surface area contributed by atoms with Crippen molar-refractivity contribution in [2.75, 3.05) is 14.1 Å². The summed E-state index contributed by atoms with van der Waals surface area (Å²) in [5.74, 6) is 0.237. The quantitative estimate of drug-likeness (QED) is 0.761. The summed E-state index contributed by atoms with van der Waals surface area (Å²) in [5, 5.41) is 0.751. The number of carbonyl (C=O) groups excluding carboxylic acids is 1. The van der Waals surface area contributed by atoms with Crippen molar-refractivity contribution in [3.8, 4) is 0 Å². The van der Waals surface area contributed by atoms with Gasteiger partial charge in [0, 0.05) is 42.4 Å². The van der Waals surface area contributed by atoms with E-state index in [1.807, 2.05) is 73.7 Å². The Bertz CT molecular complexity index is 749. The number of hydrogen-bond acceptors (Lipinski definition) is 2. The van der Waals surface area contributed by atoms with Gasteiger partial charge in [-0.1, -0.05) is 54.1 Å². The van der Waals surface area contributed by atoms with Crippen molar-refractivity contribution in [2.24, 2.45) is 0 Å². The molecule has 0 heterocycles. The van der Waals surface area contributed by atoms with Crippen molar-refractivity contribution in [3.63, 3.8) is 0 Å². The maximum atomic E-state index is 12.7. The summed E-state index contributed by atoms with van der Waals surface area (Å²) in [5.41, 5.74) is 3.76. The maximum Gasteiger partial charge on any atom is 0.190 e. The number of carbonyl (C=O) groups is 1. The molecular formula is C19H18ClNO. The van der Waals surface area contributed by atoms with E-state index in [0.717, 1.165) is 27.3 Å². The van der Waals surface area contributed by atoms with Gasteiger partial charge in [0.1, 0.15) is 0 Å². The lowest BCUT2D eigenvalue weighted by molar-refractivity contribution is 0.102. The number of hydrogen-bond donors (Lipinski definition) is 0. The second-order valence-corrected chi connectivity index (χ2v) is 6.22. The second-order valence-electron chi connectivity index (χ2n) is 5.81. The van der Waals surface area contributed by atoms with Crippen LogP contribution in [0.4, 0.5) is 0 Å². The highest BCUT2D eigenvalue weighted by molar-refractivity contribution is 6.31. The molecule has 0 saturated carbocycles. The molecule has 0 aromatic heterocycles. The molecule has 0 unspecified atom stereocenters. The molecule has 112 valence electrons. The van der Waals surface area contributed by atoms with Gasteiger partial charge in [-0.15, -0.1) is 0 Å². The molecule has 0 radical (unpaired) electrons. The number of benzene rings is 2. The van der Waals surface area contributed by atoms with E-state index in [0.29, 0.717) is 6.42 Å². The van der Waals surface area contributed by atoms with Crippen LogP contribution in [0.3, 0.4) is 0 Å². The predicted octanol–water partition coefficient (Wildman–Crippen LogP) is 4.50. The first-order chi connectivity index (χ1) is 10.6. The molecule has 2 aromatic rings. The predicted molar refractivity (Wildman–Crippen MR) is 90.5 cm³/mol. The molecule has 0 spiro atoms. The van der Waals surface area contributed by atoms with E-state index in [4.69, 9.17) is 11.6 Å². The van der Waals surface area contributed by atoms with E-state index >= 15 is 0 Å². The number of nitrogens with zero attached hydrogens (tertiary/aromatic N) is 1. The Labute approximate surface area is 136 Å². The molecule has 0 amide bonds. The average Bonchev–Trinajstić information content (AvgIpc) is 2.51. The molecule has 0 fully saturated rings. The number of rotatable bonds is 2. The third kappa shape index (κ3) is 2.67. The third-order valence-electron chi connectivity index (χ3n) is 3.99. The molecule has 2 aromatic carbocycles. The molecule has 1 aliphatic rings. The topological polar surface area (TPSA) is 20.3 Å². The molecule has 3 heteroatoms. The summed E-state index contributed by atoms with van der Waals surface area (Å²) in [6.07, 6.45) is 2.60. The summed E-state index contributed by atoms with van der Waals surface area (Å²) in [7, 11) is 3.87. The minimum Gasteiger partial charge on any atom is -0.383 e. The molecule has 3 rings (SSSR count). The van der Waals surface area contributed by atoms with Crippen LogP contribution in [-0.4, -0.2) is 24.8 Å². The largest absolute Gasteiger partial charge is 0.383 e. The van der Waals surface area contributed by atoms with Gasteiger partial charge in [0.2, 0.25) is 0 Å². The minimum absolute atomic E-state index is 0.118. The fourth-order valence-corrected chi connectivity index (χ4v) is 3.33. The van der Waals surface area contributed by atoms with E-state index in [1.165, 1.54) is 0 Å². The van der Waals surface area contributed by atoms with E-state index in [1.54, 1.807) is 0 Å². The van der Waals surface area contributed by atoms with E-state index in [9.17, 15) is 4.79 Å². The van der Waals surface area contributed by atoms with E-state index in [2.05, 4.69) is 0 Å². The van der Waals surface area contributed by atoms with Gasteiger partial charge in [-0.05, 0) is 23.6 Å². The second kappa shape index (κ2) is 5.98. The lowest BCUT2D eigenvalue weighted by Crippen LogP contribution is -2.21. The van der Waals surface area contributed by atoms with Crippen molar-refractivity contribution in [1.82, 2.24) is 4.90 Å². The molecular weight excluding hydrogens is 294 g/mol. The zero-order valence-electron chi connectivity index (χ0n) is 12.7. The first-order valence-electron chi connectivity index (χ1n) is 7.33. The van der Waals surface area contributed by atoms with Gasteiger partial charge >= 0.3 is 0 Å². The standard InChI is InChI=1S/C19H18ClNO/c1-21(2)12-13-11-17(15-8-5-6-10-18(15)20)14-7-3-4-9-16(14)19(13)22/h3-10,12,17H,11H2,1-2H3/b13-12+/t17-/m1/s1. The fraction of sp³-hybridized carbons (Fsp3) is 0.211. The first-order valence-corrected chi connectivity index (χ1v) is 7.71. The monoisotopic (exact) mass is 311 g/mol. The highest BCUT2D eigenvalue weighted by atomic mass is 35.5. The molecule has 0 aliphatic heterocycles. The SMILES string of the molecule is CN(C)/C=C1\C[C@@H](c2ccccc2Cl)c2ccccc2C1=O. The first kappa shape index (κ1) is 14.9. The zero-order chi connectivity index (χ0) is 15.7. The van der Waals surface area contributed by atoms with Crippen molar-refractivity contribution < 1.29 is 4.79 Å². The number of halogens is 1. The van der Waals surface area contributed by atoms with E-state index in [-0.39, 0.29) is 11.7 Å². The van der Waals surface area contributed by atoms with Gasteiger partial charge in [0.25, 0.3) is 0 Å². The van der Waals surface area contributed by atoms with Gasteiger partial charge in [-0.3, -0.25) is 4.79 Å². The van der Waals surface area contributed by atoms with Crippen LogP contribution in [-0.2, 0) is 0 Å². The highest BCUT2D eigenvalue weighted by Gasteiger charge is 2.31. The van der Waals surface area contributed by atoms with E-state index < -0.39 is 0 Å². The molecule has 22 heavy (non-hydrogen) atoms. The van der Waals surface area contributed by atoms with Gasteiger partial charge in [0.15, 0.2) is 5.78 Å². The highest BCUT2D eigenvalue weighted by Crippen LogP contribution is 2.41. The van der Waals surface area contributed by atoms with Crippen molar-refractivity contribution >= 4 is 17.4 Å². The molecule has 0 N–H and O–H groups in total. The Balaban J connectivity index is 2.16. The fourth-order valence-electron chi connectivity index (χ4n) is 3.06. The average molecular weight is 312 g/mol. The number of fused-ring (bicyclic) bond motifs is 1.